The van der Waals surface area contributed by atoms with Crippen molar-refractivity contribution >= 4 is 69.6 Å². The minimum absolute atomic E-state index is 0.0171. The number of carbonyl (C=O) groups excluding carboxylic acids is 3. The van der Waals surface area contributed by atoms with Crippen molar-refractivity contribution in [3.63, 3.8) is 0 Å². The predicted octanol–water partition coefficient (Wildman–Crippen LogP) is 8.24. The fraction of sp³-hybridized carbons (Fsp3) is 0.276. The molecule has 2 unspecified atom stereocenters. The molecule has 18 heteroatoms. The summed E-state index contributed by atoms with van der Waals surface area (Å²) in [6, 6.07) is 8.14. The smallest absolute Gasteiger partial charge is 0.362 e. The van der Waals surface area contributed by atoms with Gasteiger partial charge < -0.3 is 20.7 Å². The summed E-state index contributed by atoms with van der Waals surface area (Å²) >= 11 is 18.6. The van der Waals surface area contributed by atoms with Crippen molar-refractivity contribution in [3.05, 3.63) is 87.4 Å². The van der Waals surface area contributed by atoms with Crippen LogP contribution in [0.4, 0.5) is 52.2 Å². The first-order valence-electron chi connectivity index (χ1n) is 13.1. The molecule has 0 aromatic heterocycles. The Bertz CT molecular complexity index is 1730. The largest absolute Gasteiger partial charge is 0.419 e. The number of halogens is 11. The maximum Gasteiger partial charge on any atom is 0.419 e. The van der Waals surface area contributed by atoms with Crippen LogP contribution in [0.25, 0.3) is 0 Å². The van der Waals surface area contributed by atoms with Crippen LogP contribution in [0.2, 0.25) is 5.02 Å². The summed E-state index contributed by atoms with van der Waals surface area (Å²) in [5, 5.41) is 6.94. The highest BCUT2D eigenvalue weighted by atomic mass is 35.5. The number of rotatable bonds is 9. The zero-order valence-corrected chi connectivity index (χ0v) is 25.7. The number of benzene rings is 3. The topological polar surface area (TPSA) is 96.5 Å². The fourth-order valence-corrected chi connectivity index (χ4v) is 5.60. The molecule has 252 valence electrons. The zero-order valence-electron chi connectivity index (χ0n) is 23.5. The quantitative estimate of drug-likeness (QED) is 0.153. The third kappa shape index (κ3) is 8.44. The zero-order chi connectivity index (χ0) is 35.1. The molecule has 1 aliphatic rings. The Morgan fingerprint density at radius 2 is 1.57 bits per heavy atom. The molecule has 1 fully saturated rings. The first-order valence-corrected chi connectivity index (χ1v) is 14.2. The van der Waals surface area contributed by atoms with Crippen LogP contribution in [0, 0.1) is 24.5 Å². The Balaban J connectivity index is 1.44. The van der Waals surface area contributed by atoms with Gasteiger partial charge in [0.05, 0.1) is 27.9 Å². The lowest BCUT2D eigenvalue weighted by molar-refractivity contribution is -0.174. The van der Waals surface area contributed by atoms with Crippen LogP contribution in [-0.4, -0.2) is 41.4 Å². The monoisotopic (exact) mass is 731 g/mol. The normalized spacial score (nSPS) is 17.2. The molecule has 4 rings (SSSR count). The molecular weight excluding hydrogens is 713 g/mol. The predicted molar refractivity (Wildman–Crippen MR) is 157 cm³/mol. The number of hydrogen-bond acceptors (Lipinski definition) is 4. The number of amides is 3. The molecular formula is C29H20Cl3F8N3O4. The molecule has 1 saturated carbocycles. The number of hydrogen-bond donors (Lipinski definition) is 3. The summed E-state index contributed by atoms with van der Waals surface area (Å²) < 4.78 is 107. The lowest BCUT2D eigenvalue weighted by Crippen LogP contribution is -2.24. The molecule has 47 heavy (non-hydrogen) atoms. The van der Waals surface area contributed by atoms with Crippen LogP contribution < -0.4 is 16.0 Å². The van der Waals surface area contributed by atoms with Crippen LogP contribution >= 0.6 is 34.8 Å². The Labute approximate surface area is 275 Å². The van der Waals surface area contributed by atoms with E-state index in [1.807, 2.05) is 5.32 Å². The van der Waals surface area contributed by atoms with E-state index in [4.69, 9.17) is 34.8 Å². The standard InChI is InChI=1S/C29H20Cl3F8N3O4/c1-12-15(4-7-19(24(12)34)42-21(44)10-47-11-27(35,36)37)25(45)43-20-9-14(3-5-17(20)30)41-26(46)23-22(28(23,31)32)13-2-6-18(33)16(8-13)29(38,39)40/h2-9,22-23H,10-11H2,1H3,(H,41,46)(H,42,44)(H,43,45). The van der Waals surface area contributed by atoms with E-state index in [-0.39, 0.29) is 33.1 Å². The van der Waals surface area contributed by atoms with Gasteiger partial charge in [0.2, 0.25) is 11.8 Å². The molecule has 3 aromatic carbocycles. The van der Waals surface area contributed by atoms with Crippen molar-refractivity contribution in [2.75, 3.05) is 29.2 Å². The number of carbonyl (C=O) groups is 3. The highest BCUT2D eigenvalue weighted by molar-refractivity contribution is 6.53. The Kier molecular flexibility index (Phi) is 10.4. The lowest BCUT2D eigenvalue weighted by Gasteiger charge is -2.14. The highest BCUT2D eigenvalue weighted by Crippen LogP contribution is 2.65. The van der Waals surface area contributed by atoms with Crippen LogP contribution in [-0.2, 0) is 20.5 Å². The van der Waals surface area contributed by atoms with Gasteiger partial charge in [0.15, 0.2) is 0 Å². The molecule has 0 spiro atoms. The van der Waals surface area contributed by atoms with Crippen molar-refractivity contribution in [2.45, 2.75) is 29.5 Å². The van der Waals surface area contributed by atoms with E-state index in [2.05, 4.69) is 15.4 Å². The molecule has 3 aromatic rings. The molecule has 0 radical (unpaired) electrons. The van der Waals surface area contributed by atoms with Gasteiger partial charge in [-0.05, 0) is 60.5 Å². The van der Waals surface area contributed by atoms with Gasteiger partial charge in [-0.2, -0.15) is 26.3 Å². The number of alkyl halides is 8. The van der Waals surface area contributed by atoms with E-state index < -0.39 is 82.3 Å². The Hall–Kier alpha value is -3.66. The van der Waals surface area contributed by atoms with E-state index in [1.54, 1.807) is 0 Å². The molecule has 2 atom stereocenters. The summed E-state index contributed by atoms with van der Waals surface area (Å²) in [6.07, 6.45) is -9.66. The molecule has 0 bridgehead atoms. The SMILES string of the molecule is Cc1c(C(=O)Nc2cc(NC(=O)C3C(c4ccc(F)c(C(F)(F)F)c4)C3(Cl)Cl)ccc2Cl)ccc(NC(=O)COCC(F)(F)F)c1F. The Morgan fingerprint density at radius 1 is 0.894 bits per heavy atom. The second kappa shape index (κ2) is 13.5. The van der Waals surface area contributed by atoms with Crippen molar-refractivity contribution in [2.24, 2.45) is 5.92 Å². The van der Waals surface area contributed by atoms with Crippen molar-refractivity contribution < 1.29 is 54.2 Å². The van der Waals surface area contributed by atoms with E-state index >= 15 is 0 Å². The molecule has 0 heterocycles. The average Bonchev–Trinajstić information content (AvgIpc) is 3.53. The fourth-order valence-electron chi connectivity index (χ4n) is 4.60. The van der Waals surface area contributed by atoms with Gasteiger partial charge in [-0.15, -0.1) is 23.2 Å². The first kappa shape index (κ1) is 36.2. The first-order chi connectivity index (χ1) is 21.7. The number of anilines is 3. The van der Waals surface area contributed by atoms with Crippen LogP contribution in [0.3, 0.4) is 0 Å². The van der Waals surface area contributed by atoms with Crippen molar-refractivity contribution in [3.8, 4) is 0 Å². The maximum atomic E-state index is 14.9. The molecule has 7 nitrogen and oxygen atoms in total. The molecule has 1 aliphatic carbocycles. The third-order valence-corrected chi connectivity index (χ3v) is 8.15. The van der Waals surface area contributed by atoms with E-state index in [1.165, 1.54) is 25.1 Å². The molecule has 0 aliphatic heterocycles. The van der Waals surface area contributed by atoms with E-state index in [0.717, 1.165) is 18.2 Å². The number of ether oxygens (including phenoxy) is 1. The van der Waals surface area contributed by atoms with Gasteiger partial charge >= 0.3 is 12.4 Å². The average molecular weight is 733 g/mol. The summed E-state index contributed by atoms with van der Waals surface area (Å²) in [6.45, 7) is -1.49. The van der Waals surface area contributed by atoms with Crippen molar-refractivity contribution in [1.82, 2.24) is 0 Å². The highest BCUT2D eigenvalue weighted by Gasteiger charge is 2.67. The van der Waals surface area contributed by atoms with Gasteiger partial charge in [-0.3, -0.25) is 14.4 Å². The summed E-state index contributed by atoms with van der Waals surface area (Å²) in [5.74, 6) is -7.68. The van der Waals surface area contributed by atoms with Crippen LogP contribution in [0.1, 0.15) is 33.0 Å². The minimum Gasteiger partial charge on any atom is -0.362 e. The second-order valence-corrected chi connectivity index (χ2v) is 12.1. The van der Waals surface area contributed by atoms with Crippen LogP contribution in [0.5, 0.6) is 0 Å². The minimum atomic E-state index is -5.00. The molecule has 3 amide bonds. The maximum absolute atomic E-state index is 14.9. The number of nitrogens with one attached hydrogen (secondary N) is 3. The summed E-state index contributed by atoms with van der Waals surface area (Å²) in [4.78, 5) is 37.9. The molecule has 0 saturated heterocycles. The van der Waals surface area contributed by atoms with Gasteiger partial charge in [-0.1, -0.05) is 17.7 Å². The van der Waals surface area contributed by atoms with E-state index in [9.17, 15) is 49.5 Å². The Morgan fingerprint density at radius 3 is 2.21 bits per heavy atom. The summed E-state index contributed by atoms with van der Waals surface area (Å²) in [5.41, 5.74) is -2.56. The van der Waals surface area contributed by atoms with Crippen LogP contribution in [0.15, 0.2) is 48.5 Å². The van der Waals surface area contributed by atoms with Crippen molar-refractivity contribution in [1.29, 1.82) is 0 Å². The van der Waals surface area contributed by atoms with Gasteiger partial charge in [-0.25, -0.2) is 8.78 Å². The molecule has 3 N–H and O–H groups in total. The second-order valence-electron chi connectivity index (χ2n) is 10.3. The lowest BCUT2D eigenvalue weighted by atomic mass is 10.0. The summed E-state index contributed by atoms with van der Waals surface area (Å²) in [7, 11) is 0. The van der Waals surface area contributed by atoms with Gasteiger partial charge in [0.25, 0.3) is 5.91 Å². The van der Waals surface area contributed by atoms with Gasteiger partial charge in [0, 0.05) is 17.2 Å². The van der Waals surface area contributed by atoms with E-state index in [0.29, 0.717) is 12.1 Å². The van der Waals surface area contributed by atoms with Gasteiger partial charge in [0.1, 0.15) is 29.2 Å². The third-order valence-electron chi connectivity index (χ3n) is 6.88.